The molecule has 18 rings (SSSR count). The second-order valence-electron chi connectivity index (χ2n) is 21.9. The van der Waals surface area contributed by atoms with Gasteiger partial charge in [0, 0.05) is 43.7 Å². The van der Waals surface area contributed by atoms with Crippen LogP contribution >= 0.6 is 0 Å². The van der Waals surface area contributed by atoms with Gasteiger partial charge < -0.3 is 13.6 Å². The number of fused-ring (bicyclic) bond motifs is 18. The summed E-state index contributed by atoms with van der Waals surface area (Å²) < 4.78 is 11.2. The molecule has 82 heavy (non-hydrogen) atoms. The van der Waals surface area contributed by atoms with Crippen molar-refractivity contribution in [3.63, 3.8) is 0 Å². The van der Waals surface area contributed by atoms with Crippen LogP contribution in [0.2, 0.25) is 0 Å². The summed E-state index contributed by atoms with van der Waals surface area (Å²) in [4.78, 5) is 0. The van der Waals surface area contributed by atoms with Crippen molar-refractivity contribution in [1.29, 1.82) is 0 Å². The molecule has 0 spiro atoms. The van der Waals surface area contributed by atoms with Gasteiger partial charge in [0.2, 0.25) is 0 Å². The molecule has 3 aromatic heterocycles. The first-order valence-corrected chi connectivity index (χ1v) is 28.3. The van der Waals surface area contributed by atoms with E-state index < -0.39 is 5.41 Å². The Kier molecular flexibility index (Phi) is 10.2. The molecule has 3 heterocycles. The zero-order chi connectivity index (χ0) is 53.9. The highest BCUT2D eigenvalue weighted by molar-refractivity contribution is 6.28. The Morgan fingerprint density at radius 1 is 0.256 bits per heavy atom. The lowest BCUT2D eigenvalue weighted by Crippen LogP contribution is -2.28. The molecule has 0 saturated heterocycles. The minimum atomic E-state index is -0.470. The molecule has 0 fully saturated rings. The number of aromatic nitrogens is 2. The third-order valence-electron chi connectivity index (χ3n) is 17.6. The highest BCUT2D eigenvalue weighted by Gasteiger charge is 2.47. The molecular weight excluding hydrogens is 993 g/mol. The van der Waals surface area contributed by atoms with Gasteiger partial charge in [0.25, 0.3) is 0 Å². The number of furan rings is 1. The van der Waals surface area contributed by atoms with E-state index in [2.05, 4.69) is 312 Å². The van der Waals surface area contributed by atoms with Gasteiger partial charge in [-0.15, -0.1) is 0 Å². The maximum absolute atomic E-state index is 6.38. The SMILES string of the molecule is c1ccc(-c2cccc(-n3c4ccccc4c4c5c(ccc43)C(c3ccccc3)(c3ccccc3)c3ccc4ccccc4c3-5)c2)cc1.c1ccc2cc(-n3c4ccccc4c4c5c(ccc43)oc3cc4ccccc4cc35)ccc2c1. The van der Waals surface area contributed by atoms with Crippen LogP contribution < -0.4 is 0 Å². The van der Waals surface area contributed by atoms with Gasteiger partial charge >= 0.3 is 0 Å². The van der Waals surface area contributed by atoms with Gasteiger partial charge in [0.1, 0.15) is 11.2 Å². The maximum Gasteiger partial charge on any atom is 0.136 e. The maximum atomic E-state index is 6.38. The number of hydrogen-bond donors (Lipinski definition) is 0. The van der Waals surface area contributed by atoms with Crippen LogP contribution in [0.1, 0.15) is 22.3 Å². The van der Waals surface area contributed by atoms with Crippen molar-refractivity contribution < 1.29 is 4.42 Å². The topological polar surface area (TPSA) is 23.0 Å². The second-order valence-corrected chi connectivity index (χ2v) is 21.9. The third-order valence-corrected chi connectivity index (χ3v) is 17.6. The van der Waals surface area contributed by atoms with E-state index in [1.54, 1.807) is 0 Å². The molecule has 0 aliphatic heterocycles. The van der Waals surface area contributed by atoms with Crippen LogP contribution in [-0.2, 0) is 5.41 Å². The molecule has 3 heteroatoms. The monoisotopic (exact) mass is 1040 g/mol. The summed E-state index contributed by atoms with van der Waals surface area (Å²) >= 11 is 0. The van der Waals surface area contributed by atoms with Crippen molar-refractivity contribution in [1.82, 2.24) is 9.13 Å². The number of para-hydroxylation sites is 2. The molecule has 14 aromatic carbocycles. The quantitative estimate of drug-likeness (QED) is 0.168. The zero-order valence-electron chi connectivity index (χ0n) is 44.7. The van der Waals surface area contributed by atoms with Crippen molar-refractivity contribution in [2.45, 2.75) is 5.41 Å². The molecule has 0 atom stereocenters. The van der Waals surface area contributed by atoms with Gasteiger partial charge in [-0.2, -0.15) is 0 Å². The van der Waals surface area contributed by atoms with Crippen molar-refractivity contribution >= 4 is 97.9 Å². The summed E-state index contributed by atoms with van der Waals surface area (Å²) in [5.41, 5.74) is 18.9. The fraction of sp³-hybridized carbons (Fsp3) is 0.0127. The fourth-order valence-corrected chi connectivity index (χ4v) is 14.1. The summed E-state index contributed by atoms with van der Waals surface area (Å²) in [6, 6.07) is 110. The lowest BCUT2D eigenvalue weighted by atomic mass is 9.67. The molecule has 1 aliphatic rings. The van der Waals surface area contributed by atoms with Crippen LogP contribution in [0.4, 0.5) is 0 Å². The van der Waals surface area contributed by atoms with Crippen LogP contribution in [0.5, 0.6) is 0 Å². The van der Waals surface area contributed by atoms with Gasteiger partial charge in [-0.05, 0) is 144 Å². The molecule has 0 saturated carbocycles. The average Bonchev–Trinajstić information content (AvgIpc) is 1.67. The normalized spacial score (nSPS) is 12.7. The van der Waals surface area contributed by atoms with E-state index in [9.17, 15) is 0 Å². The largest absolute Gasteiger partial charge is 0.456 e. The Morgan fingerprint density at radius 2 is 0.756 bits per heavy atom. The highest BCUT2D eigenvalue weighted by atomic mass is 16.3. The average molecular weight is 1040 g/mol. The molecule has 1 aliphatic carbocycles. The first-order valence-electron chi connectivity index (χ1n) is 28.3. The third kappa shape index (κ3) is 6.77. The van der Waals surface area contributed by atoms with E-state index in [1.165, 1.54) is 137 Å². The predicted octanol–water partition coefficient (Wildman–Crippen LogP) is 21.0. The van der Waals surface area contributed by atoms with Crippen molar-refractivity contribution in [2.24, 2.45) is 0 Å². The van der Waals surface area contributed by atoms with Gasteiger partial charge in [-0.3, -0.25) is 0 Å². The summed E-state index contributed by atoms with van der Waals surface area (Å²) in [7, 11) is 0. The number of hydrogen-bond acceptors (Lipinski definition) is 1. The van der Waals surface area contributed by atoms with E-state index in [0.717, 1.165) is 16.9 Å². The molecule has 0 N–H and O–H groups in total. The smallest absolute Gasteiger partial charge is 0.136 e. The first kappa shape index (κ1) is 46.2. The Morgan fingerprint density at radius 3 is 1.46 bits per heavy atom. The number of benzene rings is 14. The van der Waals surface area contributed by atoms with Crippen molar-refractivity contribution in [2.75, 3.05) is 0 Å². The Hall–Kier alpha value is -10.7. The van der Waals surface area contributed by atoms with Gasteiger partial charge in [-0.1, -0.05) is 237 Å². The van der Waals surface area contributed by atoms with Gasteiger partial charge in [-0.25, -0.2) is 0 Å². The van der Waals surface area contributed by atoms with Crippen LogP contribution in [0.15, 0.2) is 308 Å². The molecule has 3 nitrogen and oxygen atoms in total. The van der Waals surface area contributed by atoms with Crippen LogP contribution in [-0.4, -0.2) is 9.13 Å². The molecule has 17 aromatic rings. The van der Waals surface area contributed by atoms with Gasteiger partial charge in [0.05, 0.1) is 27.5 Å². The molecule has 0 radical (unpaired) electrons. The van der Waals surface area contributed by atoms with Crippen molar-refractivity contribution in [3.05, 3.63) is 326 Å². The van der Waals surface area contributed by atoms with E-state index in [-0.39, 0.29) is 0 Å². The minimum absolute atomic E-state index is 0.470. The summed E-state index contributed by atoms with van der Waals surface area (Å²) in [5, 5.41) is 14.9. The molecule has 0 unspecified atom stereocenters. The first-order chi connectivity index (χ1) is 40.7. The summed E-state index contributed by atoms with van der Waals surface area (Å²) in [6.07, 6.45) is 0. The van der Waals surface area contributed by atoms with Gasteiger partial charge in [0.15, 0.2) is 0 Å². The Labute approximate surface area is 473 Å². The van der Waals surface area contributed by atoms with E-state index in [0.29, 0.717) is 0 Å². The minimum Gasteiger partial charge on any atom is -0.456 e. The summed E-state index contributed by atoms with van der Waals surface area (Å²) in [6.45, 7) is 0. The fourth-order valence-electron chi connectivity index (χ4n) is 14.1. The molecule has 382 valence electrons. The lowest BCUT2D eigenvalue weighted by molar-refractivity contribution is 0.669. The molecular formula is C79H50N2O. The number of rotatable bonds is 5. The highest BCUT2D eigenvalue weighted by Crippen LogP contribution is 2.60. The van der Waals surface area contributed by atoms with E-state index in [1.807, 2.05) is 0 Å². The van der Waals surface area contributed by atoms with Crippen LogP contribution in [0.3, 0.4) is 0 Å². The zero-order valence-corrected chi connectivity index (χ0v) is 44.7. The standard InChI is InChI=1S/C47H31N.C32H19NO/c1-4-15-32(16-5-1)34-18-14-23-37(31-34)48-42-26-13-12-25-39(42)45-43(48)30-29-41-46(45)44-38-24-11-10-17-33(38)27-28-40(44)47(41,35-19-6-2-7-20-35)36-21-8-3-9-22-36;1-2-8-21-17-24(14-13-20(21)7-1)33-27-12-6-5-11-25(27)31-28(33)15-16-29-32(31)26-18-22-9-3-4-10-23(22)19-30(26)34-29/h1-31H;1-19H. The second kappa shape index (κ2) is 18.2. The van der Waals surface area contributed by atoms with Crippen LogP contribution in [0.25, 0.3) is 131 Å². The van der Waals surface area contributed by atoms with Crippen molar-refractivity contribution in [3.8, 4) is 33.6 Å². The summed E-state index contributed by atoms with van der Waals surface area (Å²) in [5.74, 6) is 0. The lowest BCUT2D eigenvalue weighted by Gasteiger charge is -2.34. The molecule has 0 amide bonds. The number of nitrogens with zero attached hydrogens (tertiary/aromatic N) is 2. The van der Waals surface area contributed by atoms with E-state index >= 15 is 0 Å². The Bertz CT molecular complexity index is 5350. The van der Waals surface area contributed by atoms with Crippen LogP contribution in [0, 0.1) is 0 Å². The van der Waals surface area contributed by atoms with E-state index in [4.69, 9.17) is 4.42 Å². The Balaban J connectivity index is 0.000000138. The predicted molar refractivity (Wildman–Crippen MR) is 344 cm³/mol. The molecule has 0 bridgehead atoms.